The van der Waals surface area contributed by atoms with Crippen LogP contribution in [0.1, 0.15) is 16.8 Å². The maximum Gasteiger partial charge on any atom is 0.419 e. The maximum atomic E-state index is 13.3. The number of aromatic hydroxyl groups is 1. The zero-order valence-electron chi connectivity index (χ0n) is 11.6. The van der Waals surface area contributed by atoms with Gasteiger partial charge in [0.1, 0.15) is 18.0 Å². The van der Waals surface area contributed by atoms with E-state index in [0.717, 1.165) is 12.3 Å². The Kier molecular flexibility index (Phi) is 4.47. The second kappa shape index (κ2) is 6.34. The smallest absolute Gasteiger partial charge is 0.419 e. The van der Waals surface area contributed by atoms with Gasteiger partial charge in [-0.1, -0.05) is 0 Å². The highest BCUT2D eigenvalue weighted by atomic mass is 19.4. The molecule has 1 aromatic heterocycles. The summed E-state index contributed by atoms with van der Waals surface area (Å²) >= 11 is 0. The van der Waals surface area contributed by atoms with E-state index in [4.69, 9.17) is 10.5 Å². The van der Waals surface area contributed by atoms with E-state index in [0.29, 0.717) is 12.1 Å². The molecule has 0 aliphatic rings. The Hall–Kier alpha value is -3.46. The third-order valence-corrected chi connectivity index (χ3v) is 2.89. The van der Waals surface area contributed by atoms with Gasteiger partial charge >= 0.3 is 6.18 Å². The minimum atomic E-state index is -4.92. The number of aromatic nitrogens is 1. The van der Waals surface area contributed by atoms with E-state index in [1.54, 1.807) is 12.1 Å². The van der Waals surface area contributed by atoms with E-state index in [1.165, 1.54) is 6.07 Å². The predicted molar refractivity (Wildman–Crippen MR) is 73.8 cm³/mol. The third-order valence-electron chi connectivity index (χ3n) is 2.89. The summed E-state index contributed by atoms with van der Waals surface area (Å²) in [5.41, 5.74) is -2.87. The first-order chi connectivity index (χ1) is 11.3. The van der Waals surface area contributed by atoms with Gasteiger partial charge in [0, 0.05) is 6.20 Å². The second-order valence-corrected chi connectivity index (χ2v) is 4.40. The monoisotopic (exact) mass is 334 g/mol. The highest BCUT2D eigenvalue weighted by molar-refractivity contribution is 6.14. The molecule has 0 bridgehead atoms. The molecule has 0 saturated heterocycles. The number of aliphatic imine (C=N–C) groups is 1. The van der Waals surface area contributed by atoms with Crippen molar-refractivity contribution in [1.29, 1.82) is 10.5 Å². The summed E-state index contributed by atoms with van der Waals surface area (Å²) in [4.78, 5) is 7.26. The highest BCUT2D eigenvalue weighted by Gasteiger charge is 2.34. The molecule has 120 valence electrons. The molecule has 0 aliphatic carbocycles. The summed E-state index contributed by atoms with van der Waals surface area (Å²) in [6.45, 7) is 0. The van der Waals surface area contributed by atoms with E-state index in [-0.39, 0.29) is 16.9 Å². The van der Waals surface area contributed by atoms with Gasteiger partial charge in [-0.2, -0.15) is 23.7 Å². The van der Waals surface area contributed by atoms with Crippen LogP contribution in [0.2, 0.25) is 0 Å². The van der Waals surface area contributed by atoms with Gasteiger partial charge in [-0.05, 0) is 24.3 Å². The second-order valence-electron chi connectivity index (χ2n) is 4.40. The van der Waals surface area contributed by atoms with Crippen LogP contribution >= 0.6 is 0 Å². The van der Waals surface area contributed by atoms with E-state index in [9.17, 15) is 22.7 Å². The van der Waals surface area contributed by atoms with Crippen LogP contribution in [-0.4, -0.2) is 15.8 Å². The van der Waals surface area contributed by atoms with Crippen molar-refractivity contribution in [3.63, 3.8) is 0 Å². The molecule has 9 heteroatoms. The SMILES string of the molecule is N#CC(=Nc1ccc(F)c(C(F)(F)F)c1)c1ccnc(C#N)c1O. The molecule has 0 radical (unpaired) electrons. The number of hydrogen-bond donors (Lipinski definition) is 1. The number of halogens is 4. The quantitative estimate of drug-likeness (QED) is 0.672. The van der Waals surface area contributed by atoms with Crippen molar-refractivity contribution in [3.8, 4) is 17.9 Å². The summed E-state index contributed by atoms with van der Waals surface area (Å²) < 4.78 is 51.3. The van der Waals surface area contributed by atoms with E-state index in [2.05, 4.69) is 9.98 Å². The number of benzene rings is 1. The molecule has 0 atom stereocenters. The standard InChI is InChI=1S/C15H6F4N4O/c16-11-2-1-8(5-10(11)15(17,18)19)23-12(6-20)9-3-4-22-13(7-21)14(9)24/h1-5,24H. The Morgan fingerprint density at radius 3 is 2.50 bits per heavy atom. The Bertz CT molecular complexity index is 907. The molecular weight excluding hydrogens is 328 g/mol. The van der Waals surface area contributed by atoms with Gasteiger partial charge in [-0.3, -0.25) is 0 Å². The van der Waals surface area contributed by atoms with Crippen LogP contribution in [0.5, 0.6) is 5.75 Å². The average Bonchev–Trinajstić information content (AvgIpc) is 2.53. The molecule has 2 aromatic rings. The molecule has 24 heavy (non-hydrogen) atoms. The Labute approximate surface area is 132 Å². The fourth-order valence-corrected chi connectivity index (χ4v) is 1.80. The topological polar surface area (TPSA) is 93.1 Å². The summed E-state index contributed by atoms with van der Waals surface area (Å²) in [6, 6.07) is 6.34. The molecule has 0 amide bonds. The maximum absolute atomic E-state index is 13.3. The predicted octanol–water partition coefficient (Wildman–Crippen LogP) is 3.46. The van der Waals surface area contributed by atoms with E-state index < -0.39 is 29.0 Å². The van der Waals surface area contributed by atoms with Crippen LogP contribution in [0.3, 0.4) is 0 Å². The Morgan fingerprint density at radius 2 is 1.92 bits per heavy atom. The fourth-order valence-electron chi connectivity index (χ4n) is 1.80. The normalized spacial score (nSPS) is 11.7. The van der Waals surface area contributed by atoms with Gasteiger partial charge in [-0.15, -0.1) is 0 Å². The highest BCUT2D eigenvalue weighted by Crippen LogP contribution is 2.34. The van der Waals surface area contributed by atoms with Gasteiger partial charge in [0.05, 0.1) is 16.8 Å². The zero-order chi connectivity index (χ0) is 17.9. The van der Waals surface area contributed by atoms with Crippen LogP contribution in [0.15, 0.2) is 35.5 Å². The molecule has 1 heterocycles. The summed E-state index contributed by atoms with van der Waals surface area (Å²) in [6.07, 6.45) is -3.79. The molecule has 5 nitrogen and oxygen atoms in total. The van der Waals surface area contributed by atoms with Gasteiger partial charge in [0.2, 0.25) is 0 Å². The van der Waals surface area contributed by atoms with Gasteiger partial charge in [-0.25, -0.2) is 14.4 Å². The molecule has 2 rings (SSSR count). The molecule has 1 N–H and O–H groups in total. The van der Waals surface area contributed by atoms with Crippen LogP contribution in [0, 0.1) is 28.5 Å². The lowest BCUT2D eigenvalue weighted by Gasteiger charge is -2.08. The fraction of sp³-hybridized carbons (Fsp3) is 0.0667. The minimum absolute atomic E-state index is 0.179. The van der Waals surface area contributed by atoms with Crippen molar-refractivity contribution in [2.45, 2.75) is 6.18 Å². The first-order valence-electron chi connectivity index (χ1n) is 6.22. The number of pyridine rings is 1. The molecule has 0 saturated carbocycles. The lowest BCUT2D eigenvalue weighted by Crippen LogP contribution is -2.07. The number of rotatable bonds is 2. The molecule has 1 aromatic carbocycles. The van der Waals surface area contributed by atoms with E-state index >= 15 is 0 Å². The average molecular weight is 334 g/mol. The molecule has 0 fully saturated rings. The number of hydrogen-bond acceptors (Lipinski definition) is 5. The first-order valence-corrected chi connectivity index (χ1v) is 6.22. The van der Waals surface area contributed by atoms with Crippen molar-refractivity contribution in [2.24, 2.45) is 4.99 Å². The van der Waals surface area contributed by atoms with Crippen molar-refractivity contribution in [2.75, 3.05) is 0 Å². The number of alkyl halides is 3. The Balaban J connectivity index is 2.58. The van der Waals surface area contributed by atoms with Gasteiger partial charge in [0.25, 0.3) is 0 Å². The third kappa shape index (κ3) is 3.31. The summed E-state index contributed by atoms with van der Waals surface area (Å²) in [7, 11) is 0. The number of nitriles is 2. The minimum Gasteiger partial charge on any atom is -0.504 e. The van der Waals surface area contributed by atoms with Crippen molar-refractivity contribution >= 4 is 11.4 Å². The van der Waals surface area contributed by atoms with Crippen LogP contribution in [-0.2, 0) is 6.18 Å². The van der Waals surface area contributed by atoms with Gasteiger partial charge < -0.3 is 5.11 Å². The van der Waals surface area contributed by atoms with E-state index in [1.807, 2.05) is 0 Å². The summed E-state index contributed by atoms with van der Waals surface area (Å²) in [5, 5.41) is 27.7. The largest absolute Gasteiger partial charge is 0.504 e. The zero-order valence-corrected chi connectivity index (χ0v) is 11.6. The van der Waals surface area contributed by atoms with Gasteiger partial charge in [0.15, 0.2) is 17.2 Å². The molecule has 0 spiro atoms. The first kappa shape index (κ1) is 16.9. The summed E-state index contributed by atoms with van der Waals surface area (Å²) in [5.74, 6) is -2.10. The van der Waals surface area contributed by atoms with Crippen LogP contribution < -0.4 is 0 Å². The molecular formula is C15H6F4N4O. The van der Waals surface area contributed by atoms with Crippen molar-refractivity contribution < 1.29 is 22.7 Å². The molecule has 0 unspecified atom stereocenters. The lowest BCUT2D eigenvalue weighted by molar-refractivity contribution is -0.139. The molecule has 0 aliphatic heterocycles. The Morgan fingerprint density at radius 1 is 1.21 bits per heavy atom. The van der Waals surface area contributed by atoms with Crippen molar-refractivity contribution in [1.82, 2.24) is 4.98 Å². The van der Waals surface area contributed by atoms with Crippen LogP contribution in [0.25, 0.3) is 0 Å². The number of nitrogens with zero attached hydrogens (tertiary/aromatic N) is 4. The lowest BCUT2D eigenvalue weighted by atomic mass is 10.1. The van der Waals surface area contributed by atoms with Crippen LogP contribution in [0.4, 0.5) is 23.2 Å². The van der Waals surface area contributed by atoms with Crippen molar-refractivity contribution in [3.05, 3.63) is 53.1 Å².